The first-order valence-corrected chi connectivity index (χ1v) is 10.7. The average molecular weight is 347 g/mol. The molecule has 0 heterocycles. The highest BCUT2D eigenvalue weighted by atomic mass is 16.2. The topological polar surface area (TPSA) is 72.2 Å². The lowest BCUT2D eigenvalue weighted by Gasteiger charge is -2.45. The van der Waals surface area contributed by atoms with E-state index in [-0.39, 0.29) is 17.7 Å². The van der Waals surface area contributed by atoms with Crippen LogP contribution in [0.5, 0.6) is 0 Å². The van der Waals surface area contributed by atoms with Gasteiger partial charge in [-0.2, -0.15) is 0 Å². The molecule has 4 nitrogen and oxygen atoms in total. The minimum absolute atomic E-state index is 0.0173. The molecule has 7 unspecified atom stereocenters. The number of nitrogens with one attached hydrogen (secondary N) is 1. The second-order valence-electron chi connectivity index (χ2n) is 9.33. The standard InChI is InChI=1S/C21H34N2O2/c22-20(24)16-5-1-3-13(11-16)12-23-21(25)18-10-9-15-8-7-14-4-2-6-17(18)19(14)15/h13-19H,1-12H2,(H2,22,24)(H,23,25). The second-order valence-corrected chi connectivity index (χ2v) is 9.33. The molecule has 0 bridgehead atoms. The Morgan fingerprint density at radius 2 is 1.60 bits per heavy atom. The van der Waals surface area contributed by atoms with Crippen molar-refractivity contribution in [1.29, 1.82) is 0 Å². The molecule has 4 heteroatoms. The molecule has 0 saturated heterocycles. The van der Waals surface area contributed by atoms with Gasteiger partial charge in [-0.15, -0.1) is 0 Å². The Morgan fingerprint density at radius 1 is 0.880 bits per heavy atom. The predicted octanol–water partition coefficient (Wildman–Crippen LogP) is 3.25. The van der Waals surface area contributed by atoms with Crippen molar-refractivity contribution in [3.8, 4) is 0 Å². The molecular weight excluding hydrogens is 312 g/mol. The highest BCUT2D eigenvalue weighted by Crippen LogP contribution is 2.56. The Kier molecular flexibility index (Phi) is 5.06. The van der Waals surface area contributed by atoms with Gasteiger partial charge in [-0.1, -0.05) is 19.3 Å². The van der Waals surface area contributed by atoms with Crippen molar-refractivity contribution in [2.75, 3.05) is 6.54 Å². The summed E-state index contributed by atoms with van der Waals surface area (Å²) in [5.74, 6) is 4.14. The molecule has 4 rings (SSSR count). The molecule has 0 aliphatic heterocycles. The van der Waals surface area contributed by atoms with Crippen LogP contribution in [0.4, 0.5) is 0 Å². The van der Waals surface area contributed by atoms with Gasteiger partial charge in [-0.25, -0.2) is 0 Å². The van der Waals surface area contributed by atoms with Crippen LogP contribution in [0, 0.1) is 41.4 Å². The number of hydrogen-bond donors (Lipinski definition) is 2. The second kappa shape index (κ2) is 7.28. The van der Waals surface area contributed by atoms with E-state index in [0.717, 1.165) is 56.4 Å². The molecule has 2 amide bonds. The third kappa shape index (κ3) is 3.46. The van der Waals surface area contributed by atoms with Crippen LogP contribution >= 0.6 is 0 Å². The van der Waals surface area contributed by atoms with Crippen LogP contribution in [-0.2, 0) is 9.59 Å². The van der Waals surface area contributed by atoms with Gasteiger partial charge in [-0.3, -0.25) is 9.59 Å². The van der Waals surface area contributed by atoms with E-state index in [0.29, 0.717) is 17.7 Å². The summed E-state index contributed by atoms with van der Waals surface area (Å²) < 4.78 is 0. The third-order valence-electron chi connectivity index (χ3n) is 8.06. The fourth-order valence-corrected chi connectivity index (χ4v) is 6.89. The zero-order valence-corrected chi connectivity index (χ0v) is 15.4. The van der Waals surface area contributed by atoms with Crippen molar-refractivity contribution in [3.05, 3.63) is 0 Å². The molecule has 140 valence electrons. The molecule has 25 heavy (non-hydrogen) atoms. The van der Waals surface area contributed by atoms with Crippen molar-refractivity contribution in [2.45, 2.75) is 70.6 Å². The largest absolute Gasteiger partial charge is 0.369 e. The number of hydrogen-bond acceptors (Lipinski definition) is 2. The fourth-order valence-electron chi connectivity index (χ4n) is 6.89. The number of primary amides is 1. The van der Waals surface area contributed by atoms with Gasteiger partial charge < -0.3 is 11.1 Å². The number of nitrogens with two attached hydrogens (primary N) is 1. The maximum Gasteiger partial charge on any atom is 0.223 e. The van der Waals surface area contributed by atoms with Crippen LogP contribution < -0.4 is 11.1 Å². The highest BCUT2D eigenvalue weighted by Gasteiger charge is 2.49. The van der Waals surface area contributed by atoms with Gasteiger partial charge in [0.15, 0.2) is 0 Å². The van der Waals surface area contributed by atoms with E-state index in [9.17, 15) is 9.59 Å². The normalized spacial score (nSPS) is 43.3. The SMILES string of the molecule is NC(=O)C1CCCC(CNC(=O)C2CCC3CCC4CCCC2C43)C1. The highest BCUT2D eigenvalue weighted by molar-refractivity contribution is 5.79. The van der Waals surface area contributed by atoms with E-state index in [1.807, 2.05) is 0 Å². The van der Waals surface area contributed by atoms with Crippen LogP contribution in [0.15, 0.2) is 0 Å². The minimum Gasteiger partial charge on any atom is -0.369 e. The van der Waals surface area contributed by atoms with E-state index in [1.165, 1.54) is 38.5 Å². The van der Waals surface area contributed by atoms with Crippen molar-refractivity contribution in [3.63, 3.8) is 0 Å². The van der Waals surface area contributed by atoms with Gasteiger partial charge >= 0.3 is 0 Å². The van der Waals surface area contributed by atoms with Crippen LogP contribution in [-0.4, -0.2) is 18.4 Å². The van der Waals surface area contributed by atoms with Crippen molar-refractivity contribution in [2.24, 2.45) is 47.2 Å². The average Bonchev–Trinajstić information content (AvgIpc) is 3.05. The Labute approximate surface area is 151 Å². The molecule has 0 aromatic heterocycles. The molecular formula is C21H34N2O2. The third-order valence-corrected chi connectivity index (χ3v) is 8.06. The molecule has 4 aliphatic rings. The van der Waals surface area contributed by atoms with Crippen LogP contribution in [0.3, 0.4) is 0 Å². The number of carbonyl (C=O) groups is 2. The molecule has 0 radical (unpaired) electrons. The maximum absolute atomic E-state index is 12.9. The number of carbonyl (C=O) groups excluding carboxylic acids is 2. The van der Waals surface area contributed by atoms with E-state index in [4.69, 9.17) is 5.73 Å². The quantitative estimate of drug-likeness (QED) is 0.820. The fraction of sp³-hybridized carbons (Fsp3) is 0.905. The van der Waals surface area contributed by atoms with Crippen LogP contribution in [0.25, 0.3) is 0 Å². The van der Waals surface area contributed by atoms with E-state index < -0.39 is 0 Å². The summed E-state index contributed by atoms with van der Waals surface area (Å²) in [7, 11) is 0. The first kappa shape index (κ1) is 17.4. The summed E-state index contributed by atoms with van der Waals surface area (Å²) >= 11 is 0. The van der Waals surface area contributed by atoms with Gasteiger partial charge in [-0.05, 0) is 81.0 Å². The molecule has 0 aromatic carbocycles. The lowest BCUT2D eigenvalue weighted by molar-refractivity contribution is -0.131. The molecule has 7 atom stereocenters. The summed E-state index contributed by atoms with van der Waals surface area (Å²) in [6, 6.07) is 0. The zero-order valence-electron chi connectivity index (χ0n) is 15.4. The summed E-state index contributed by atoms with van der Waals surface area (Å²) in [5, 5.41) is 3.27. The van der Waals surface area contributed by atoms with Crippen LogP contribution in [0.1, 0.15) is 70.6 Å². The molecule has 4 aliphatic carbocycles. The monoisotopic (exact) mass is 346 g/mol. The van der Waals surface area contributed by atoms with Crippen molar-refractivity contribution < 1.29 is 9.59 Å². The van der Waals surface area contributed by atoms with Crippen LogP contribution in [0.2, 0.25) is 0 Å². The van der Waals surface area contributed by atoms with Gasteiger partial charge in [0, 0.05) is 18.4 Å². The van der Waals surface area contributed by atoms with Crippen molar-refractivity contribution in [1.82, 2.24) is 5.32 Å². The Hall–Kier alpha value is -1.06. The van der Waals surface area contributed by atoms with E-state index in [1.54, 1.807) is 0 Å². The van der Waals surface area contributed by atoms with E-state index in [2.05, 4.69) is 5.32 Å². The zero-order chi connectivity index (χ0) is 17.4. The summed E-state index contributed by atoms with van der Waals surface area (Å²) in [6.45, 7) is 0.739. The first-order valence-electron chi connectivity index (χ1n) is 10.7. The summed E-state index contributed by atoms with van der Waals surface area (Å²) in [6.07, 6.45) is 13.1. The summed E-state index contributed by atoms with van der Waals surface area (Å²) in [5.41, 5.74) is 5.48. The minimum atomic E-state index is -0.163. The van der Waals surface area contributed by atoms with Gasteiger partial charge in [0.2, 0.25) is 11.8 Å². The maximum atomic E-state index is 12.9. The van der Waals surface area contributed by atoms with Gasteiger partial charge in [0.05, 0.1) is 0 Å². The predicted molar refractivity (Wildman–Crippen MR) is 97.4 cm³/mol. The van der Waals surface area contributed by atoms with Gasteiger partial charge in [0.1, 0.15) is 0 Å². The molecule has 3 N–H and O–H groups in total. The summed E-state index contributed by atoms with van der Waals surface area (Å²) in [4.78, 5) is 24.4. The van der Waals surface area contributed by atoms with E-state index >= 15 is 0 Å². The van der Waals surface area contributed by atoms with Crippen molar-refractivity contribution >= 4 is 11.8 Å². The molecule has 0 aromatic rings. The number of rotatable bonds is 4. The lowest BCUT2D eigenvalue weighted by atomic mass is 9.60. The lowest BCUT2D eigenvalue weighted by Crippen LogP contribution is -2.46. The number of amides is 2. The Balaban J connectivity index is 1.33. The van der Waals surface area contributed by atoms with Gasteiger partial charge in [0.25, 0.3) is 0 Å². The first-order chi connectivity index (χ1) is 12.1. The Morgan fingerprint density at radius 3 is 2.40 bits per heavy atom. The molecule has 4 fully saturated rings. The smallest absolute Gasteiger partial charge is 0.223 e. The molecule has 0 spiro atoms. The Bertz CT molecular complexity index is 514. The molecule has 4 saturated carbocycles.